The highest BCUT2D eigenvalue weighted by atomic mass is 19.3. The summed E-state index contributed by atoms with van der Waals surface area (Å²) in [5.74, 6) is -0.404. The average molecular weight is 445 g/mol. The SMILES string of the molecule is N#Cc1ncc(-c2cnc(NC(=O)C3CC3)cn2)cc1NCC(=O)N(CCO)CC(F)F. The number of hydrogen-bond acceptors (Lipinski definition) is 8. The van der Waals surface area contributed by atoms with E-state index in [9.17, 15) is 23.6 Å². The summed E-state index contributed by atoms with van der Waals surface area (Å²) in [7, 11) is 0. The van der Waals surface area contributed by atoms with Gasteiger partial charge in [-0.2, -0.15) is 5.26 Å². The van der Waals surface area contributed by atoms with Gasteiger partial charge < -0.3 is 20.6 Å². The van der Waals surface area contributed by atoms with Crippen LogP contribution in [0.15, 0.2) is 24.7 Å². The second kappa shape index (κ2) is 10.5. The number of anilines is 2. The number of aliphatic hydroxyl groups is 1. The molecule has 0 bridgehead atoms. The van der Waals surface area contributed by atoms with Gasteiger partial charge in [-0.05, 0) is 18.9 Å². The zero-order chi connectivity index (χ0) is 23.1. The molecule has 2 aromatic rings. The summed E-state index contributed by atoms with van der Waals surface area (Å²) in [6.07, 6.45) is 3.25. The standard InChI is InChI=1S/C20H21F2N7O3/c21-17(22)11-29(3-4-30)19(31)10-26-14-5-13(7-24-15(14)6-23)16-8-27-18(9-25-16)28-20(32)12-1-2-12/h5,7-9,12,17,26,30H,1-4,10-11H2,(H,27,28,32). The summed E-state index contributed by atoms with van der Waals surface area (Å²) in [4.78, 5) is 37.3. The van der Waals surface area contributed by atoms with E-state index in [0.29, 0.717) is 17.1 Å². The van der Waals surface area contributed by atoms with Gasteiger partial charge in [0, 0.05) is 24.2 Å². The Labute approximate surface area is 182 Å². The molecule has 168 valence electrons. The van der Waals surface area contributed by atoms with Gasteiger partial charge in [0.2, 0.25) is 11.8 Å². The molecule has 12 heteroatoms. The molecule has 0 radical (unpaired) electrons. The summed E-state index contributed by atoms with van der Waals surface area (Å²) in [5, 5.41) is 23.7. The Balaban J connectivity index is 1.70. The molecule has 2 heterocycles. The fraction of sp³-hybridized carbons (Fsp3) is 0.400. The van der Waals surface area contributed by atoms with E-state index in [1.54, 1.807) is 0 Å². The van der Waals surface area contributed by atoms with Crippen LogP contribution in [-0.2, 0) is 9.59 Å². The zero-order valence-electron chi connectivity index (χ0n) is 17.0. The molecule has 0 unspecified atom stereocenters. The highest BCUT2D eigenvalue weighted by Crippen LogP contribution is 2.30. The molecular formula is C20H21F2N7O3. The topological polar surface area (TPSA) is 144 Å². The van der Waals surface area contributed by atoms with Crippen LogP contribution in [0.4, 0.5) is 20.3 Å². The number of nitrogens with zero attached hydrogens (tertiary/aromatic N) is 5. The summed E-state index contributed by atoms with van der Waals surface area (Å²) in [6, 6.07) is 3.43. The lowest BCUT2D eigenvalue weighted by molar-refractivity contribution is -0.131. The molecule has 2 aromatic heterocycles. The van der Waals surface area contributed by atoms with E-state index >= 15 is 0 Å². The highest BCUT2D eigenvalue weighted by molar-refractivity contribution is 5.93. The monoisotopic (exact) mass is 445 g/mol. The molecule has 32 heavy (non-hydrogen) atoms. The van der Waals surface area contributed by atoms with Crippen LogP contribution in [0.2, 0.25) is 0 Å². The van der Waals surface area contributed by atoms with Gasteiger partial charge in [-0.15, -0.1) is 0 Å². The minimum atomic E-state index is -2.74. The molecule has 0 saturated heterocycles. The van der Waals surface area contributed by atoms with Gasteiger partial charge >= 0.3 is 0 Å². The number of hydrogen-bond donors (Lipinski definition) is 3. The number of carbonyl (C=O) groups is 2. The predicted molar refractivity (Wildman–Crippen MR) is 109 cm³/mol. The van der Waals surface area contributed by atoms with Gasteiger partial charge in [0.1, 0.15) is 6.07 Å². The van der Waals surface area contributed by atoms with Crippen molar-refractivity contribution >= 4 is 23.3 Å². The van der Waals surface area contributed by atoms with Gasteiger partial charge in [-0.3, -0.25) is 14.6 Å². The summed E-state index contributed by atoms with van der Waals surface area (Å²) in [5.41, 5.74) is 1.13. The second-order valence-corrected chi connectivity index (χ2v) is 7.09. The van der Waals surface area contributed by atoms with Gasteiger partial charge in [0.25, 0.3) is 6.43 Å². The van der Waals surface area contributed by atoms with Crippen LogP contribution in [0.5, 0.6) is 0 Å². The Bertz CT molecular complexity index is 1010. The maximum Gasteiger partial charge on any atom is 0.255 e. The lowest BCUT2D eigenvalue weighted by Crippen LogP contribution is -2.40. The number of pyridine rings is 1. The molecule has 3 N–H and O–H groups in total. The molecule has 0 aliphatic heterocycles. The van der Waals surface area contributed by atoms with E-state index in [0.717, 1.165) is 17.7 Å². The Morgan fingerprint density at radius 1 is 1.25 bits per heavy atom. The van der Waals surface area contributed by atoms with Crippen molar-refractivity contribution in [3.63, 3.8) is 0 Å². The van der Waals surface area contributed by atoms with E-state index in [4.69, 9.17) is 5.11 Å². The number of nitrogens with one attached hydrogen (secondary N) is 2. The Morgan fingerprint density at radius 2 is 2.03 bits per heavy atom. The van der Waals surface area contributed by atoms with Gasteiger partial charge in [-0.1, -0.05) is 0 Å². The number of amides is 2. The molecule has 0 aromatic carbocycles. The normalized spacial score (nSPS) is 12.8. The molecule has 10 nitrogen and oxygen atoms in total. The van der Waals surface area contributed by atoms with Crippen LogP contribution in [-0.4, -0.2) is 69.4 Å². The van der Waals surface area contributed by atoms with Crippen molar-refractivity contribution in [2.24, 2.45) is 5.92 Å². The third kappa shape index (κ3) is 6.14. The number of nitriles is 1. The zero-order valence-corrected chi connectivity index (χ0v) is 17.0. The molecule has 0 spiro atoms. The van der Waals surface area contributed by atoms with E-state index in [2.05, 4.69) is 25.6 Å². The number of alkyl halides is 2. The fourth-order valence-corrected chi connectivity index (χ4v) is 2.83. The lowest BCUT2D eigenvalue weighted by Gasteiger charge is -2.21. The highest BCUT2D eigenvalue weighted by Gasteiger charge is 2.29. The van der Waals surface area contributed by atoms with Gasteiger partial charge in [-0.25, -0.2) is 18.7 Å². The van der Waals surface area contributed by atoms with Crippen LogP contribution in [0.25, 0.3) is 11.3 Å². The first-order valence-corrected chi connectivity index (χ1v) is 9.85. The second-order valence-electron chi connectivity index (χ2n) is 7.09. The van der Waals surface area contributed by atoms with Crippen molar-refractivity contribution in [1.82, 2.24) is 19.9 Å². The van der Waals surface area contributed by atoms with E-state index in [-0.39, 0.29) is 36.3 Å². The van der Waals surface area contributed by atoms with Crippen molar-refractivity contribution in [3.05, 3.63) is 30.4 Å². The van der Waals surface area contributed by atoms with Crippen molar-refractivity contribution in [1.29, 1.82) is 5.26 Å². The predicted octanol–water partition coefficient (Wildman–Crippen LogP) is 1.26. The van der Waals surface area contributed by atoms with Crippen LogP contribution in [0.3, 0.4) is 0 Å². The molecule has 1 aliphatic carbocycles. The Hall–Kier alpha value is -3.72. The molecule has 1 aliphatic rings. The number of aliphatic hydroxyl groups excluding tert-OH is 1. The summed E-state index contributed by atoms with van der Waals surface area (Å²) in [6.45, 7) is -1.85. The van der Waals surface area contributed by atoms with E-state index in [1.165, 1.54) is 24.7 Å². The fourth-order valence-electron chi connectivity index (χ4n) is 2.83. The Kier molecular flexibility index (Phi) is 7.56. The maximum atomic E-state index is 12.6. The molecule has 0 atom stereocenters. The quantitative estimate of drug-likeness (QED) is 0.496. The smallest absolute Gasteiger partial charge is 0.255 e. The summed E-state index contributed by atoms with van der Waals surface area (Å²) >= 11 is 0. The van der Waals surface area contributed by atoms with Crippen LogP contribution in [0.1, 0.15) is 18.5 Å². The number of rotatable bonds is 10. The van der Waals surface area contributed by atoms with Crippen LogP contribution >= 0.6 is 0 Å². The van der Waals surface area contributed by atoms with Crippen molar-refractivity contribution < 1.29 is 23.5 Å². The third-order valence-corrected chi connectivity index (χ3v) is 4.65. The molecule has 1 fully saturated rings. The van der Waals surface area contributed by atoms with Crippen molar-refractivity contribution in [2.45, 2.75) is 19.3 Å². The van der Waals surface area contributed by atoms with Crippen LogP contribution < -0.4 is 10.6 Å². The van der Waals surface area contributed by atoms with Crippen LogP contribution in [0, 0.1) is 17.2 Å². The third-order valence-electron chi connectivity index (χ3n) is 4.65. The molecular weight excluding hydrogens is 424 g/mol. The minimum Gasteiger partial charge on any atom is -0.395 e. The molecule has 3 rings (SSSR count). The molecule has 1 saturated carbocycles. The average Bonchev–Trinajstić information content (AvgIpc) is 3.63. The first-order valence-electron chi connectivity index (χ1n) is 9.85. The largest absolute Gasteiger partial charge is 0.395 e. The molecule has 2 amide bonds. The van der Waals surface area contributed by atoms with E-state index < -0.39 is 25.5 Å². The lowest BCUT2D eigenvalue weighted by atomic mass is 10.1. The minimum absolute atomic E-state index is 0.00499. The van der Waals surface area contributed by atoms with Gasteiger partial charge in [0.15, 0.2) is 11.5 Å². The first kappa shape index (κ1) is 23.0. The first-order chi connectivity index (χ1) is 15.4. The van der Waals surface area contributed by atoms with Gasteiger partial charge in [0.05, 0.1) is 43.5 Å². The number of carbonyl (C=O) groups excluding carboxylic acids is 2. The van der Waals surface area contributed by atoms with E-state index in [1.807, 2.05) is 6.07 Å². The maximum absolute atomic E-state index is 12.6. The van der Waals surface area contributed by atoms with Crippen molar-refractivity contribution in [2.75, 3.05) is 36.9 Å². The summed E-state index contributed by atoms with van der Waals surface area (Å²) < 4.78 is 25.3. The Morgan fingerprint density at radius 3 is 2.62 bits per heavy atom. The number of aromatic nitrogens is 3. The number of halogens is 2. The van der Waals surface area contributed by atoms with Crippen molar-refractivity contribution in [3.8, 4) is 17.3 Å².